The minimum Gasteiger partial charge on any atom is -0.479 e. The molecule has 1 amide bonds. The first kappa shape index (κ1) is 18.7. The van der Waals surface area contributed by atoms with Crippen LogP contribution in [0.3, 0.4) is 0 Å². The fourth-order valence-electron chi connectivity index (χ4n) is 3.10. The molecule has 1 unspecified atom stereocenters. The number of ketones is 1. The molecule has 0 spiro atoms. The van der Waals surface area contributed by atoms with E-state index in [1.165, 1.54) is 6.08 Å². The van der Waals surface area contributed by atoms with Crippen molar-refractivity contribution in [3.05, 3.63) is 71.0 Å². The lowest BCUT2D eigenvalue weighted by molar-refractivity contribution is -0.124. The van der Waals surface area contributed by atoms with Gasteiger partial charge in [0.2, 0.25) is 0 Å². The van der Waals surface area contributed by atoms with E-state index in [1.807, 2.05) is 75.3 Å². The van der Waals surface area contributed by atoms with E-state index in [0.717, 1.165) is 28.1 Å². The summed E-state index contributed by atoms with van der Waals surface area (Å²) >= 11 is 0. The summed E-state index contributed by atoms with van der Waals surface area (Å²) in [6.45, 7) is 3.86. The minimum absolute atomic E-state index is 0.0515. The Kier molecular flexibility index (Phi) is 5.31. The number of ether oxygens (including phenoxy) is 1. The van der Waals surface area contributed by atoms with Crippen molar-refractivity contribution < 1.29 is 14.3 Å². The molecule has 1 N–H and O–H groups in total. The molecule has 1 atom stereocenters. The summed E-state index contributed by atoms with van der Waals surface area (Å²) in [4.78, 5) is 26.9. The van der Waals surface area contributed by atoms with Gasteiger partial charge in [0.1, 0.15) is 6.10 Å². The number of benzene rings is 2. The highest BCUT2D eigenvalue weighted by atomic mass is 16.5. The van der Waals surface area contributed by atoms with Crippen LogP contribution in [0.15, 0.2) is 54.3 Å². The van der Waals surface area contributed by atoms with Gasteiger partial charge in [0, 0.05) is 31.5 Å². The first-order chi connectivity index (χ1) is 12.8. The molecule has 1 heterocycles. The van der Waals surface area contributed by atoms with E-state index in [0.29, 0.717) is 0 Å². The summed E-state index contributed by atoms with van der Waals surface area (Å²) in [5, 5.41) is 2.87. The Balaban J connectivity index is 1.78. The van der Waals surface area contributed by atoms with Crippen molar-refractivity contribution in [2.24, 2.45) is 0 Å². The standard InChI is InChI=1S/C22H24N2O3/c1-14-6-5-7-15(2)21(14)23-22(26)20-13-18(25)12-19(27-20)16-8-10-17(11-9-16)24(3)4/h5-11,13,19H,12H2,1-4H3,(H,23,26). The topological polar surface area (TPSA) is 58.6 Å². The Morgan fingerprint density at radius 1 is 1.07 bits per heavy atom. The number of nitrogens with one attached hydrogen (secondary N) is 1. The van der Waals surface area contributed by atoms with Crippen LogP contribution in [0, 0.1) is 13.8 Å². The third kappa shape index (κ3) is 4.19. The zero-order chi connectivity index (χ0) is 19.6. The van der Waals surface area contributed by atoms with Crippen molar-refractivity contribution in [2.75, 3.05) is 24.3 Å². The number of allylic oxidation sites excluding steroid dienone is 1. The van der Waals surface area contributed by atoms with Crippen molar-refractivity contribution >= 4 is 23.1 Å². The third-order valence-electron chi connectivity index (χ3n) is 4.67. The van der Waals surface area contributed by atoms with E-state index < -0.39 is 12.0 Å². The van der Waals surface area contributed by atoms with Crippen molar-refractivity contribution in [3.8, 4) is 0 Å². The highest BCUT2D eigenvalue weighted by molar-refractivity contribution is 6.08. The highest BCUT2D eigenvalue weighted by Gasteiger charge is 2.27. The molecule has 0 fully saturated rings. The van der Waals surface area contributed by atoms with Gasteiger partial charge in [-0.2, -0.15) is 0 Å². The van der Waals surface area contributed by atoms with Crippen LogP contribution in [-0.4, -0.2) is 25.8 Å². The monoisotopic (exact) mass is 364 g/mol. The second-order valence-electron chi connectivity index (χ2n) is 6.99. The Hall–Kier alpha value is -3.08. The SMILES string of the molecule is Cc1cccc(C)c1NC(=O)C1=CC(=O)CC(c2ccc(N(C)C)cc2)O1. The minimum atomic E-state index is -0.461. The maximum absolute atomic E-state index is 12.7. The normalized spacial score (nSPS) is 16.4. The van der Waals surface area contributed by atoms with E-state index in [-0.39, 0.29) is 18.0 Å². The second-order valence-corrected chi connectivity index (χ2v) is 6.99. The van der Waals surface area contributed by atoms with E-state index in [9.17, 15) is 9.59 Å². The van der Waals surface area contributed by atoms with Gasteiger partial charge in [0.25, 0.3) is 5.91 Å². The van der Waals surface area contributed by atoms with Crippen molar-refractivity contribution in [2.45, 2.75) is 26.4 Å². The fourth-order valence-corrected chi connectivity index (χ4v) is 3.10. The molecule has 5 heteroatoms. The zero-order valence-corrected chi connectivity index (χ0v) is 16.1. The summed E-state index contributed by atoms with van der Waals surface area (Å²) in [5.74, 6) is -0.472. The van der Waals surface area contributed by atoms with Crippen LogP contribution in [0.2, 0.25) is 0 Å². The van der Waals surface area contributed by atoms with Crippen molar-refractivity contribution in [1.29, 1.82) is 0 Å². The summed E-state index contributed by atoms with van der Waals surface area (Å²) < 4.78 is 5.87. The molecule has 1 aliphatic heterocycles. The van der Waals surface area contributed by atoms with Gasteiger partial charge in [-0.25, -0.2) is 0 Å². The van der Waals surface area contributed by atoms with Gasteiger partial charge in [-0.05, 0) is 42.7 Å². The van der Waals surface area contributed by atoms with Gasteiger partial charge in [0.05, 0.1) is 6.42 Å². The fraction of sp³-hybridized carbons (Fsp3) is 0.273. The average molecular weight is 364 g/mol. The van der Waals surface area contributed by atoms with Crippen LogP contribution in [0.4, 0.5) is 11.4 Å². The number of rotatable bonds is 4. The first-order valence-electron chi connectivity index (χ1n) is 8.91. The number of hydrogen-bond acceptors (Lipinski definition) is 4. The van der Waals surface area contributed by atoms with E-state index >= 15 is 0 Å². The van der Waals surface area contributed by atoms with Crippen LogP contribution in [-0.2, 0) is 14.3 Å². The Labute approximate surface area is 159 Å². The second kappa shape index (κ2) is 7.66. The predicted molar refractivity (Wildman–Crippen MR) is 107 cm³/mol. The highest BCUT2D eigenvalue weighted by Crippen LogP contribution is 2.30. The number of carbonyl (C=O) groups excluding carboxylic acids is 2. The molecule has 3 rings (SSSR count). The Morgan fingerprint density at radius 3 is 2.30 bits per heavy atom. The van der Waals surface area contributed by atoms with Crippen LogP contribution in [0.5, 0.6) is 0 Å². The predicted octanol–water partition coefficient (Wildman–Crippen LogP) is 3.92. The molecule has 2 aromatic rings. The number of para-hydroxylation sites is 1. The lowest BCUT2D eigenvalue weighted by Gasteiger charge is -2.24. The van der Waals surface area contributed by atoms with Crippen LogP contribution < -0.4 is 10.2 Å². The van der Waals surface area contributed by atoms with Crippen LogP contribution in [0.1, 0.15) is 29.2 Å². The van der Waals surface area contributed by atoms with E-state index in [2.05, 4.69) is 5.32 Å². The molecular formula is C22H24N2O3. The number of aryl methyl sites for hydroxylation is 2. The van der Waals surface area contributed by atoms with E-state index in [1.54, 1.807) is 0 Å². The number of hydrogen-bond donors (Lipinski definition) is 1. The third-order valence-corrected chi connectivity index (χ3v) is 4.67. The maximum Gasteiger partial charge on any atom is 0.290 e. The smallest absolute Gasteiger partial charge is 0.290 e. The molecule has 1 aliphatic rings. The number of amides is 1. The number of anilines is 2. The summed E-state index contributed by atoms with van der Waals surface area (Å²) in [5.41, 5.74) is 4.60. The molecule has 0 bridgehead atoms. The zero-order valence-electron chi connectivity index (χ0n) is 16.1. The maximum atomic E-state index is 12.7. The largest absolute Gasteiger partial charge is 0.479 e. The molecule has 0 aliphatic carbocycles. The summed E-state index contributed by atoms with van der Waals surface area (Å²) in [6, 6.07) is 13.6. The number of carbonyl (C=O) groups is 2. The first-order valence-corrected chi connectivity index (χ1v) is 8.91. The Bertz CT molecular complexity index is 878. The molecule has 140 valence electrons. The quantitative estimate of drug-likeness (QED) is 0.893. The molecule has 0 saturated heterocycles. The molecule has 0 aromatic heterocycles. The molecule has 0 radical (unpaired) electrons. The molecular weight excluding hydrogens is 340 g/mol. The lowest BCUT2D eigenvalue weighted by atomic mass is 10.0. The van der Waals surface area contributed by atoms with Gasteiger partial charge >= 0.3 is 0 Å². The lowest BCUT2D eigenvalue weighted by Crippen LogP contribution is -2.24. The molecule has 0 saturated carbocycles. The Morgan fingerprint density at radius 2 is 1.70 bits per heavy atom. The van der Waals surface area contributed by atoms with Gasteiger partial charge in [-0.1, -0.05) is 30.3 Å². The van der Waals surface area contributed by atoms with E-state index in [4.69, 9.17) is 4.74 Å². The van der Waals surface area contributed by atoms with Crippen molar-refractivity contribution in [1.82, 2.24) is 0 Å². The van der Waals surface area contributed by atoms with Gasteiger partial charge in [-0.3, -0.25) is 9.59 Å². The van der Waals surface area contributed by atoms with Gasteiger partial charge in [-0.15, -0.1) is 0 Å². The molecule has 27 heavy (non-hydrogen) atoms. The van der Waals surface area contributed by atoms with Gasteiger partial charge < -0.3 is 15.0 Å². The van der Waals surface area contributed by atoms with Crippen LogP contribution in [0.25, 0.3) is 0 Å². The van der Waals surface area contributed by atoms with Gasteiger partial charge in [0.15, 0.2) is 11.5 Å². The molecule has 2 aromatic carbocycles. The summed E-state index contributed by atoms with van der Waals surface area (Å²) in [7, 11) is 3.93. The van der Waals surface area contributed by atoms with Crippen molar-refractivity contribution in [3.63, 3.8) is 0 Å². The molecule has 5 nitrogen and oxygen atoms in total. The summed E-state index contributed by atoms with van der Waals surface area (Å²) in [6.07, 6.45) is 1.05. The number of nitrogens with zero attached hydrogens (tertiary/aromatic N) is 1. The average Bonchev–Trinajstić information content (AvgIpc) is 2.64. The van der Waals surface area contributed by atoms with Crippen LogP contribution >= 0.6 is 0 Å².